The normalized spacial score (nSPS) is 19.9. The van der Waals surface area contributed by atoms with Crippen LogP contribution in [-0.2, 0) is 16.0 Å². The molecule has 0 saturated carbocycles. The standard InChI is InChI=1S/C14H19F3N4O3/c1-8(18-9(2)22)13(23)21-6-4-3-5-10(21)12-20-19-11(24-12)7-14(15,16)17/h8,10H,3-7H2,1-2H3,(H,18,22). The van der Waals surface area contributed by atoms with Crippen molar-refractivity contribution in [1.82, 2.24) is 20.4 Å². The van der Waals surface area contributed by atoms with Crippen molar-refractivity contribution >= 4 is 11.8 Å². The quantitative estimate of drug-likeness (QED) is 0.896. The lowest BCUT2D eigenvalue weighted by atomic mass is 10.0. The zero-order valence-corrected chi connectivity index (χ0v) is 13.4. The highest BCUT2D eigenvalue weighted by Gasteiger charge is 2.36. The van der Waals surface area contributed by atoms with E-state index < -0.39 is 30.6 Å². The van der Waals surface area contributed by atoms with Crippen LogP contribution in [0.25, 0.3) is 0 Å². The minimum atomic E-state index is -4.44. The Morgan fingerprint density at radius 2 is 2.08 bits per heavy atom. The summed E-state index contributed by atoms with van der Waals surface area (Å²) >= 11 is 0. The summed E-state index contributed by atoms with van der Waals surface area (Å²) in [4.78, 5) is 25.1. The van der Waals surface area contributed by atoms with E-state index in [9.17, 15) is 22.8 Å². The summed E-state index contributed by atoms with van der Waals surface area (Å²) in [6.07, 6.45) is -3.67. The van der Waals surface area contributed by atoms with Crippen molar-refractivity contribution in [1.29, 1.82) is 0 Å². The highest BCUT2D eigenvalue weighted by Crippen LogP contribution is 2.31. The molecule has 2 heterocycles. The van der Waals surface area contributed by atoms with Crippen molar-refractivity contribution in [3.63, 3.8) is 0 Å². The zero-order chi connectivity index (χ0) is 17.9. The van der Waals surface area contributed by atoms with Crippen LogP contribution in [0.3, 0.4) is 0 Å². The Morgan fingerprint density at radius 1 is 1.38 bits per heavy atom. The number of nitrogens with one attached hydrogen (secondary N) is 1. The average Bonchev–Trinajstić information content (AvgIpc) is 2.92. The maximum Gasteiger partial charge on any atom is 0.397 e. The van der Waals surface area contributed by atoms with Gasteiger partial charge in [-0.25, -0.2) is 0 Å². The van der Waals surface area contributed by atoms with Gasteiger partial charge in [-0.3, -0.25) is 9.59 Å². The topological polar surface area (TPSA) is 88.3 Å². The second-order valence-electron chi connectivity index (χ2n) is 5.79. The molecule has 2 rings (SSSR count). The van der Waals surface area contributed by atoms with Gasteiger partial charge >= 0.3 is 6.18 Å². The van der Waals surface area contributed by atoms with Gasteiger partial charge in [-0.2, -0.15) is 13.2 Å². The molecule has 2 amide bonds. The highest BCUT2D eigenvalue weighted by atomic mass is 19.4. The number of aromatic nitrogens is 2. The van der Waals surface area contributed by atoms with Crippen LogP contribution in [0, 0.1) is 0 Å². The van der Waals surface area contributed by atoms with E-state index in [1.807, 2.05) is 0 Å². The first-order valence-electron chi connectivity index (χ1n) is 7.64. The Morgan fingerprint density at radius 3 is 2.71 bits per heavy atom. The lowest BCUT2D eigenvalue weighted by molar-refractivity contribution is -0.140. The molecule has 0 bridgehead atoms. The molecule has 1 saturated heterocycles. The van der Waals surface area contributed by atoms with E-state index in [4.69, 9.17) is 4.42 Å². The minimum absolute atomic E-state index is 0.00248. The number of rotatable bonds is 4. The number of amides is 2. The molecule has 1 aliphatic rings. The number of likely N-dealkylation sites (tertiary alicyclic amines) is 1. The third-order valence-electron chi connectivity index (χ3n) is 3.70. The molecule has 0 radical (unpaired) electrons. The van der Waals surface area contributed by atoms with Crippen LogP contribution in [0.15, 0.2) is 4.42 Å². The molecular formula is C14H19F3N4O3. The predicted molar refractivity (Wildman–Crippen MR) is 75.6 cm³/mol. The molecular weight excluding hydrogens is 329 g/mol. The zero-order valence-electron chi connectivity index (χ0n) is 13.4. The molecule has 1 aliphatic heterocycles. The second-order valence-corrected chi connectivity index (χ2v) is 5.79. The largest absolute Gasteiger partial charge is 0.423 e. The van der Waals surface area contributed by atoms with Crippen LogP contribution in [0.5, 0.6) is 0 Å². The summed E-state index contributed by atoms with van der Waals surface area (Å²) in [5.74, 6) is -1.19. The Hall–Kier alpha value is -2.13. The van der Waals surface area contributed by atoms with Crippen molar-refractivity contribution in [2.45, 2.75) is 57.8 Å². The van der Waals surface area contributed by atoms with Crippen LogP contribution in [0.4, 0.5) is 13.2 Å². The number of nitrogens with zero attached hydrogens (tertiary/aromatic N) is 3. The Kier molecular flexibility index (Phi) is 5.45. The van der Waals surface area contributed by atoms with Crippen molar-refractivity contribution < 1.29 is 27.2 Å². The average molecular weight is 348 g/mol. The lowest BCUT2D eigenvalue weighted by Gasteiger charge is -2.35. The van der Waals surface area contributed by atoms with Crippen molar-refractivity contribution in [3.8, 4) is 0 Å². The first-order chi connectivity index (χ1) is 11.2. The molecule has 0 aromatic carbocycles. The third-order valence-corrected chi connectivity index (χ3v) is 3.70. The molecule has 24 heavy (non-hydrogen) atoms. The molecule has 2 unspecified atom stereocenters. The van der Waals surface area contributed by atoms with Crippen LogP contribution in [0.2, 0.25) is 0 Å². The van der Waals surface area contributed by atoms with Gasteiger partial charge in [0.25, 0.3) is 0 Å². The van der Waals surface area contributed by atoms with Gasteiger partial charge in [0.2, 0.25) is 23.6 Å². The fraction of sp³-hybridized carbons (Fsp3) is 0.714. The SMILES string of the molecule is CC(=O)NC(C)C(=O)N1CCCCC1c1nnc(CC(F)(F)F)o1. The van der Waals surface area contributed by atoms with Crippen molar-refractivity contribution in [3.05, 3.63) is 11.8 Å². The van der Waals surface area contributed by atoms with Gasteiger partial charge in [-0.05, 0) is 26.2 Å². The van der Waals surface area contributed by atoms with Gasteiger partial charge in [0.05, 0.1) is 0 Å². The van der Waals surface area contributed by atoms with Gasteiger partial charge in [0.1, 0.15) is 18.5 Å². The summed E-state index contributed by atoms with van der Waals surface area (Å²) < 4.78 is 42.3. The fourth-order valence-corrected chi connectivity index (χ4v) is 2.71. The first-order valence-corrected chi connectivity index (χ1v) is 7.64. The van der Waals surface area contributed by atoms with E-state index in [0.29, 0.717) is 13.0 Å². The monoisotopic (exact) mass is 348 g/mol. The van der Waals surface area contributed by atoms with E-state index in [-0.39, 0.29) is 17.7 Å². The molecule has 2 atom stereocenters. The number of hydrogen-bond acceptors (Lipinski definition) is 5. The van der Waals surface area contributed by atoms with Crippen LogP contribution in [0.1, 0.15) is 50.9 Å². The maximum atomic E-state index is 12.5. The van der Waals surface area contributed by atoms with Crippen molar-refractivity contribution in [2.75, 3.05) is 6.54 Å². The number of halogens is 3. The van der Waals surface area contributed by atoms with Crippen LogP contribution < -0.4 is 5.32 Å². The van der Waals surface area contributed by atoms with E-state index >= 15 is 0 Å². The number of carbonyl (C=O) groups excluding carboxylic acids is 2. The molecule has 1 fully saturated rings. The molecule has 10 heteroatoms. The van der Waals surface area contributed by atoms with E-state index in [2.05, 4.69) is 15.5 Å². The molecule has 134 valence electrons. The molecule has 0 spiro atoms. The van der Waals surface area contributed by atoms with E-state index in [1.54, 1.807) is 6.92 Å². The van der Waals surface area contributed by atoms with E-state index in [0.717, 1.165) is 12.8 Å². The highest BCUT2D eigenvalue weighted by molar-refractivity contribution is 5.86. The summed E-state index contributed by atoms with van der Waals surface area (Å²) in [5.41, 5.74) is 0. The van der Waals surface area contributed by atoms with Gasteiger partial charge in [-0.1, -0.05) is 0 Å². The smallest absolute Gasteiger partial charge is 0.397 e. The van der Waals surface area contributed by atoms with Gasteiger partial charge < -0.3 is 14.6 Å². The Labute approximate surface area is 136 Å². The molecule has 0 aliphatic carbocycles. The summed E-state index contributed by atoms with van der Waals surface area (Å²) in [6, 6.07) is -1.31. The Bertz CT molecular complexity index is 602. The van der Waals surface area contributed by atoms with Crippen LogP contribution >= 0.6 is 0 Å². The number of alkyl halides is 3. The maximum absolute atomic E-state index is 12.5. The van der Waals surface area contributed by atoms with E-state index in [1.165, 1.54) is 11.8 Å². The number of piperidine rings is 1. The second kappa shape index (κ2) is 7.18. The Balaban J connectivity index is 2.14. The molecule has 1 N–H and O–H groups in total. The molecule has 7 nitrogen and oxygen atoms in total. The predicted octanol–water partition coefficient (Wildman–Crippen LogP) is 1.75. The number of hydrogen-bond donors (Lipinski definition) is 1. The fourth-order valence-electron chi connectivity index (χ4n) is 2.71. The molecule has 1 aromatic heterocycles. The summed E-state index contributed by atoms with van der Waals surface area (Å²) in [5, 5.41) is 9.60. The van der Waals surface area contributed by atoms with Gasteiger partial charge in [-0.15, -0.1) is 10.2 Å². The third kappa shape index (κ3) is 4.68. The van der Waals surface area contributed by atoms with Gasteiger partial charge in [0, 0.05) is 13.5 Å². The summed E-state index contributed by atoms with van der Waals surface area (Å²) in [6.45, 7) is 3.28. The van der Waals surface area contributed by atoms with Crippen molar-refractivity contribution in [2.24, 2.45) is 0 Å². The minimum Gasteiger partial charge on any atom is -0.423 e. The molecule has 1 aromatic rings. The number of carbonyl (C=O) groups is 2. The summed E-state index contributed by atoms with van der Waals surface area (Å²) in [7, 11) is 0. The lowest BCUT2D eigenvalue weighted by Crippen LogP contribution is -2.49. The van der Waals surface area contributed by atoms with Gasteiger partial charge in [0.15, 0.2) is 0 Å². The van der Waals surface area contributed by atoms with Crippen LogP contribution in [-0.4, -0.2) is 45.7 Å². The first kappa shape index (κ1) is 18.2.